The third-order valence-electron chi connectivity index (χ3n) is 1.97. The van der Waals surface area contributed by atoms with E-state index in [1.54, 1.807) is 13.8 Å². The van der Waals surface area contributed by atoms with Crippen LogP contribution in [0.1, 0.15) is 25.6 Å². The molecule has 0 aliphatic rings. The Labute approximate surface area is 80.8 Å². The van der Waals surface area contributed by atoms with Crippen molar-refractivity contribution < 1.29 is 0 Å². The molecule has 0 aliphatic heterocycles. The molecule has 0 aromatic carbocycles. The van der Waals surface area contributed by atoms with Crippen LogP contribution in [-0.4, -0.2) is 9.13 Å². The van der Waals surface area contributed by atoms with Crippen LogP contribution in [0.5, 0.6) is 0 Å². The highest BCUT2D eigenvalue weighted by molar-refractivity contribution is 5.19. The molecular weight excluding hydrogens is 182 g/mol. The summed E-state index contributed by atoms with van der Waals surface area (Å²) in [6, 6.07) is 2.87. The summed E-state index contributed by atoms with van der Waals surface area (Å²) in [4.78, 5) is 22.8. The quantitative estimate of drug-likeness (QED) is 0.630. The Morgan fingerprint density at radius 3 is 2.43 bits per heavy atom. The summed E-state index contributed by atoms with van der Waals surface area (Å²) in [5.41, 5.74) is -0.805. The van der Waals surface area contributed by atoms with Crippen molar-refractivity contribution in [3.8, 4) is 6.07 Å². The van der Waals surface area contributed by atoms with Crippen molar-refractivity contribution in [3.63, 3.8) is 0 Å². The van der Waals surface area contributed by atoms with Crippen molar-refractivity contribution in [2.45, 2.75) is 19.9 Å². The van der Waals surface area contributed by atoms with Gasteiger partial charge in [-0.25, -0.2) is 4.79 Å². The van der Waals surface area contributed by atoms with Gasteiger partial charge in [-0.2, -0.15) is 5.26 Å². The highest BCUT2D eigenvalue weighted by atomic mass is 16.2. The molecule has 5 heteroatoms. The Hall–Kier alpha value is -1.83. The number of hydrogen-bond acceptors (Lipinski definition) is 3. The molecule has 0 saturated heterocycles. The molecule has 5 nitrogen and oxygen atoms in total. The molecule has 0 saturated carbocycles. The predicted molar refractivity (Wildman–Crippen MR) is 51.0 cm³/mol. The van der Waals surface area contributed by atoms with Crippen LogP contribution in [0, 0.1) is 11.3 Å². The van der Waals surface area contributed by atoms with Crippen molar-refractivity contribution in [2.24, 2.45) is 7.05 Å². The van der Waals surface area contributed by atoms with E-state index >= 15 is 0 Å². The molecule has 14 heavy (non-hydrogen) atoms. The Balaban J connectivity index is 3.74. The van der Waals surface area contributed by atoms with E-state index in [1.165, 1.54) is 17.7 Å². The van der Waals surface area contributed by atoms with Gasteiger partial charge in [-0.05, 0) is 13.8 Å². The Morgan fingerprint density at radius 2 is 2.00 bits per heavy atom. The molecule has 0 spiro atoms. The van der Waals surface area contributed by atoms with E-state index in [1.807, 2.05) is 6.07 Å². The van der Waals surface area contributed by atoms with Crippen LogP contribution < -0.4 is 11.2 Å². The molecule has 0 aliphatic carbocycles. The lowest BCUT2D eigenvalue weighted by Gasteiger charge is -2.12. The molecular formula is C9H11N3O2. The van der Waals surface area contributed by atoms with Crippen molar-refractivity contribution in [1.82, 2.24) is 9.13 Å². The standard InChI is InChI=1S/C9H11N3O2/c1-6(2)12-7(5-10)4-8(13)11(3)9(12)14/h4,6H,1-3H3. The van der Waals surface area contributed by atoms with Gasteiger partial charge in [0.15, 0.2) is 0 Å². The van der Waals surface area contributed by atoms with E-state index in [0.29, 0.717) is 0 Å². The van der Waals surface area contributed by atoms with Crippen LogP contribution in [0.15, 0.2) is 15.7 Å². The third kappa shape index (κ3) is 1.46. The van der Waals surface area contributed by atoms with Crippen LogP contribution in [0.2, 0.25) is 0 Å². The average Bonchev–Trinajstić information content (AvgIpc) is 2.12. The number of aromatic nitrogens is 2. The van der Waals surface area contributed by atoms with E-state index in [4.69, 9.17) is 5.26 Å². The van der Waals surface area contributed by atoms with Crippen LogP contribution in [0.3, 0.4) is 0 Å². The van der Waals surface area contributed by atoms with E-state index in [0.717, 1.165) is 4.57 Å². The minimum Gasteiger partial charge on any atom is -0.282 e. The molecule has 1 aromatic rings. The minimum atomic E-state index is -0.455. The summed E-state index contributed by atoms with van der Waals surface area (Å²) in [6.45, 7) is 3.57. The lowest BCUT2D eigenvalue weighted by molar-refractivity contribution is 0.527. The zero-order valence-corrected chi connectivity index (χ0v) is 8.31. The molecule has 1 heterocycles. The van der Waals surface area contributed by atoms with Crippen LogP contribution in [0.25, 0.3) is 0 Å². The molecule has 1 aromatic heterocycles. The highest BCUT2D eigenvalue weighted by Crippen LogP contribution is 2.01. The van der Waals surface area contributed by atoms with Crippen molar-refractivity contribution in [2.75, 3.05) is 0 Å². The third-order valence-corrected chi connectivity index (χ3v) is 1.97. The maximum absolute atomic E-state index is 11.6. The lowest BCUT2D eigenvalue weighted by Crippen LogP contribution is -2.39. The molecule has 74 valence electrons. The lowest BCUT2D eigenvalue weighted by atomic mass is 10.3. The maximum Gasteiger partial charge on any atom is 0.331 e. The van der Waals surface area contributed by atoms with Gasteiger partial charge in [0.25, 0.3) is 5.56 Å². The summed E-state index contributed by atoms with van der Waals surface area (Å²) < 4.78 is 2.28. The van der Waals surface area contributed by atoms with E-state index in [2.05, 4.69) is 0 Å². The second kappa shape index (κ2) is 3.50. The zero-order chi connectivity index (χ0) is 10.9. The van der Waals surface area contributed by atoms with Crippen LogP contribution in [-0.2, 0) is 7.05 Å². The smallest absolute Gasteiger partial charge is 0.282 e. The minimum absolute atomic E-state index is 0.105. The maximum atomic E-state index is 11.6. The van der Waals surface area contributed by atoms with Gasteiger partial charge in [0.2, 0.25) is 0 Å². The average molecular weight is 193 g/mol. The van der Waals surface area contributed by atoms with Gasteiger partial charge in [0.1, 0.15) is 11.8 Å². The van der Waals surface area contributed by atoms with Crippen molar-refractivity contribution in [1.29, 1.82) is 5.26 Å². The Kier molecular flexibility index (Phi) is 2.56. The fourth-order valence-corrected chi connectivity index (χ4v) is 1.23. The molecule has 0 N–H and O–H groups in total. The van der Waals surface area contributed by atoms with Gasteiger partial charge >= 0.3 is 5.69 Å². The van der Waals surface area contributed by atoms with Crippen molar-refractivity contribution >= 4 is 0 Å². The Morgan fingerprint density at radius 1 is 1.43 bits per heavy atom. The topological polar surface area (TPSA) is 67.8 Å². The predicted octanol–water partition coefficient (Wildman–Crippen LogP) is -0.000420. The number of nitrogens with zero attached hydrogens (tertiary/aromatic N) is 3. The highest BCUT2D eigenvalue weighted by Gasteiger charge is 2.10. The van der Waals surface area contributed by atoms with E-state index < -0.39 is 11.2 Å². The van der Waals surface area contributed by atoms with Gasteiger partial charge in [-0.3, -0.25) is 13.9 Å². The summed E-state index contributed by atoms with van der Waals surface area (Å²) >= 11 is 0. The first-order valence-electron chi connectivity index (χ1n) is 4.21. The van der Waals surface area contributed by atoms with Crippen LogP contribution in [0.4, 0.5) is 0 Å². The molecule has 0 amide bonds. The summed E-state index contributed by atoms with van der Waals surface area (Å²) in [6.07, 6.45) is 0. The van der Waals surface area contributed by atoms with Crippen molar-refractivity contribution in [3.05, 3.63) is 32.6 Å². The summed E-state index contributed by atoms with van der Waals surface area (Å²) in [7, 11) is 1.39. The SMILES string of the molecule is CC(C)n1c(C#N)cc(=O)n(C)c1=O. The van der Waals surface area contributed by atoms with Gasteiger partial charge in [0.05, 0.1) is 0 Å². The summed E-state index contributed by atoms with van der Waals surface area (Å²) in [5.74, 6) is 0. The largest absolute Gasteiger partial charge is 0.331 e. The molecule has 0 bridgehead atoms. The van der Waals surface area contributed by atoms with Gasteiger partial charge in [-0.15, -0.1) is 0 Å². The van der Waals surface area contributed by atoms with Gasteiger partial charge < -0.3 is 0 Å². The van der Waals surface area contributed by atoms with Gasteiger partial charge in [0, 0.05) is 19.2 Å². The van der Waals surface area contributed by atoms with E-state index in [-0.39, 0.29) is 11.7 Å². The molecule has 0 unspecified atom stereocenters. The first-order chi connectivity index (χ1) is 6.49. The second-order valence-electron chi connectivity index (χ2n) is 3.28. The molecule has 0 fully saturated rings. The number of nitriles is 1. The Bertz CT molecular complexity index is 502. The van der Waals surface area contributed by atoms with Gasteiger partial charge in [-0.1, -0.05) is 0 Å². The molecule has 0 atom stereocenters. The molecule has 1 rings (SSSR count). The first kappa shape index (κ1) is 10.3. The fourth-order valence-electron chi connectivity index (χ4n) is 1.23. The normalized spacial score (nSPS) is 10.2. The number of rotatable bonds is 1. The molecule has 0 radical (unpaired) electrons. The fraction of sp³-hybridized carbons (Fsp3) is 0.444. The van der Waals surface area contributed by atoms with E-state index in [9.17, 15) is 9.59 Å². The monoisotopic (exact) mass is 193 g/mol. The second-order valence-corrected chi connectivity index (χ2v) is 3.28. The number of hydrogen-bond donors (Lipinski definition) is 0. The van der Waals surface area contributed by atoms with Crippen LogP contribution >= 0.6 is 0 Å². The zero-order valence-electron chi connectivity index (χ0n) is 8.31. The summed E-state index contributed by atoms with van der Waals surface area (Å²) in [5, 5.41) is 8.75. The first-order valence-corrected chi connectivity index (χ1v) is 4.21.